The maximum absolute atomic E-state index is 4.37. The lowest BCUT2D eigenvalue weighted by atomic mass is 10.2. The summed E-state index contributed by atoms with van der Waals surface area (Å²) in [7, 11) is 0. The molecule has 4 nitrogen and oxygen atoms in total. The van der Waals surface area contributed by atoms with Gasteiger partial charge in [-0.05, 0) is 35.2 Å². The van der Waals surface area contributed by atoms with E-state index < -0.39 is 0 Å². The van der Waals surface area contributed by atoms with E-state index in [0.29, 0.717) is 0 Å². The Kier molecular flexibility index (Phi) is 3.63. The van der Waals surface area contributed by atoms with Crippen molar-refractivity contribution < 1.29 is 0 Å². The zero-order valence-corrected chi connectivity index (χ0v) is 11.3. The van der Waals surface area contributed by atoms with Gasteiger partial charge in [-0.15, -0.1) is 0 Å². The summed E-state index contributed by atoms with van der Waals surface area (Å²) in [5.41, 5.74) is 0. The lowest BCUT2D eigenvalue weighted by molar-refractivity contribution is 0.658. The minimum Gasteiger partial charge on any atom is -0.369 e. The van der Waals surface area contributed by atoms with Crippen molar-refractivity contribution in [3.05, 3.63) is 10.8 Å². The summed E-state index contributed by atoms with van der Waals surface area (Å²) in [6, 6.07) is 0. The Bertz CT molecular complexity index is 369. The van der Waals surface area contributed by atoms with Gasteiger partial charge in [-0.1, -0.05) is 6.92 Å². The van der Waals surface area contributed by atoms with E-state index in [4.69, 9.17) is 0 Å². The standard InChI is InChI=1S/C11H17BrN4/c1-3-13-10-9(12)11(15-7-14-10)16-5-4-8(2)6-16/h7-8H,3-6H2,1-2H3,(H,13,14,15). The number of nitrogens with one attached hydrogen (secondary N) is 1. The molecule has 2 heterocycles. The molecule has 1 fully saturated rings. The molecule has 0 bridgehead atoms. The first-order valence-electron chi connectivity index (χ1n) is 5.71. The first kappa shape index (κ1) is 11.6. The van der Waals surface area contributed by atoms with E-state index in [1.165, 1.54) is 6.42 Å². The predicted molar refractivity (Wildman–Crippen MR) is 69.9 cm³/mol. The zero-order valence-electron chi connectivity index (χ0n) is 9.70. The van der Waals surface area contributed by atoms with Crippen LogP contribution in [0.25, 0.3) is 0 Å². The van der Waals surface area contributed by atoms with Gasteiger partial charge in [0, 0.05) is 19.6 Å². The van der Waals surface area contributed by atoms with Crippen LogP contribution >= 0.6 is 15.9 Å². The van der Waals surface area contributed by atoms with Crippen LogP contribution in [0.3, 0.4) is 0 Å². The average molecular weight is 285 g/mol. The number of hydrogen-bond acceptors (Lipinski definition) is 4. The zero-order chi connectivity index (χ0) is 11.5. The van der Waals surface area contributed by atoms with Crippen LogP contribution in [0.1, 0.15) is 20.3 Å². The van der Waals surface area contributed by atoms with E-state index in [0.717, 1.165) is 41.7 Å². The fourth-order valence-corrected chi connectivity index (χ4v) is 2.59. The smallest absolute Gasteiger partial charge is 0.148 e. The molecule has 0 aromatic carbocycles. The molecule has 2 rings (SSSR count). The second-order valence-electron chi connectivity index (χ2n) is 4.23. The van der Waals surface area contributed by atoms with Gasteiger partial charge in [0.15, 0.2) is 0 Å². The quantitative estimate of drug-likeness (QED) is 0.926. The van der Waals surface area contributed by atoms with Crippen molar-refractivity contribution in [2.75, 3.05) is 29.9 Å². The molecule has 1 aliphatic rings. The Hall–Kier alpha value is -0.840. The van der Waals surface area contributed by atoms with Crippen molar-refractivity contribution in [2.45, 2.75) is 20.3 Å². The van der Waals surface area contributed by atoms with Crippen LogP contribution in [0, 0.1) is 5.92 Å². The monoisotopic (exact) mass is 284 g/mol. The molecule has 1 atom stereocenters. The van der Waals surface area contributed by atoms with Crippen LogP contribution < -0.4 is 10.2 Å². The lowest BCUT2D eigenvalue weighted by Gasteiger charge is -2.19. The van der Waals surface area contributed by atoms with Gasteiger partial charge in [0.2, 0.25) is 0 Å². The highest BCUT2D eigenvalue weighted by Gasteiger charge is 2.22. The van der Waals surface area contributed by atoms with Crippen LogP contribution in [0.4, 0.5) is 11.6 Å². The Labute approximate surface area is 105 Å². The van der Waals surface area contributed by atoms with E-state index in [1.807, 2.05) is 0 Å². The summed E-state index contributed by atoms with van der Waals surface area (Å²) < 4.78 is 0.978. The highest BCUT2D eigenvalue weighted by Crippen LogP contribution is 2.32. The number of aromatic nitrogens is 2. The summed E-state index contributed by atoms with van der Waals surface area (Å²) in [6.45, 7) is 7.38. The molecule has 1 aromatic rings. The van der Waals surface area contributed by atoms with E-state index in [9.17, 15) is 0 Å². The van der Waals surface area contributed by atoms with Crippen molar-refractivity contribution in [3.63, 3.8) is 0 Å². The second kappa shape index (κ2) is 4.99. The van der Waals surface area contributed by atoms with E-state index in [1.54, 1.807) is 6.33 Å². The average Bonchev–Trinajstić information content (AvgIpc) is 2.68. The van der Waals surface area contributed by atoms with Crippen LogP contribution in [0.2, 0.25) is 0 Å². The van der Waals surface area contributed by atoms with E-state index in [-0.39, 0.29) is 0 Å². The van der Waals surface area contributed by atoms with E-state index in [2.05, 4.69) is 50.0 Å². The number of rotatable bonds is 3. The van der Waals surface area contributed by atoms with Gasteiger partial charge in [0.05, 0.1) is 0 Å². The van der Waals surface area contributed by atoms with E-state index >= 15 is 0 Å². The third kappa shape index (κ3) is 2.29. The number of halogens is 1. The fraction of sp³-hybridized carbons (Fsp3) is 0.636. The molecule has 1 unspecified atom stereocenters. The molecule has 0 radical (unpaired) electrons. The van der Waals surface area contributed by atoms with Crippen molar-refractivity contribution in [2.24, 2.45) is 5.92 Å². The van der Waals surface area contributed by atoms with Crippen LogP contribution in [0.15, 0.2) is 10.8 Å². The Morgan fingerprint density at radius 1 is 1.56 bits per heavy atom. The summed E-state index contributed by atoms with van der Waals surface area (Å²) >= 11 is 3.58. The van der Waals surface area contributed by atoms with Gasteiger partial charge in [-0.3, -0.25) is 0 Å². The maximum atomic E-state index is 4.37. The van der Waals surface area contributed by atoms with Crippen molar-refractivity contribution in [1.29, 1.82) is 0 Å². The predicted octanol–water partition coefficient (Wildman–Crippen LogP) is 2.52. The highest BCUT2D eigenvalue weighted by molar-refractivity contribution is 9.10. The molecule has 1 aliphatic heterocycles. The van der Waals surface area contributed by atoms with Crippen molar-refractivity contribution >= 4 is 27.6 Å². The first-order chi connectivity index (χ1) is 7.72. The van der Waals surface area contributed by atoms with Gasteiger partial charge in [0.1, 0.15) is 22.4 Å². The molecule has 0 spiro atoms. The molecule has 0 aliphatic carbocycles. The molecule has 1 saturated heterocycles. The fourth-order valence-electron chi connectivity index (χ4n) is 2.00. The topological polar surface area (TPSA) is 41.1 Å². The Morgan fingerprint density at radius 3 is 3.00 bits per heavy atom. The Balaban J connectivity index is 2.23. The SMILES string of the molecule is CCNc1ncnc(N2CCC(C)C2)c1Br. The van der Waals surface area contributed by atoms with Gasteiger partial charge >= 0.3 is 0 Å². The maximum Gasteiger partial charge on any atom is 0.148 e. The molecule has 1 N–H and O–H groups in total. The number of nitrogens with zero attached hydrogens (tertiary/aromatic N) is 3. The molecule has 0 amide bonds. The van der Waals surface area contributed by atoms with Gasteiger partial charge in [-0.25, -0.2) is 9.97 Å². The van der Waals surface area contributed by atoms with Crippen LogP contribution in [-0.4, -0.2) is 29.6 Å². The molecule has 5 heteroatoms. The molecule has 88 valence electrons. The molecule has 16 heavy (non-hydrogen) atoms. The van der Waals surface area contributed by atoms with Crippen LogP contribution in [0.5, 0.6) is 0 Å². The van der Waals surface area contributed by atoms with Gasteiger partial charge in [0.25, 0.3) is 0 Å². The van der Waals surface area contributed by atoms with Crippen molar-refractivity contribution in [1.82, 2.24) is 9.97 Å². The Morgan fingerprint density at radius 2 is 2.38 bits per heavy atom. The second-order valence-corrected chi connectivity index (χ2v) is 5.02. The van der Waals surface area contributed by atoms with Gasteiger partial charge < -0.3 is 10.2 Å². The summed E-state index contributed by atoms with van der Waals surface area (Å²) in [4.78, 5) is 10.9. The first-order valence-corrected chi connectivity index (χ1v) is 6.51. The molecular formula is C11H17BrN4. The summed E-state index contributed by atoms with van der Waals surface area (Å²) in [6.07, 6.45) is 2.87. The molecule has 1 aromatic heterocycles. The minimum absolute atomic E-state index is 0.754. The highest BCUT2D eigenvalue weighted by atomic mass is 79.9. The van der Waals surface area contributed by atoms with Crippen molar-refractivity contribution in [3.8, 4) is 0 Å². The number of anilines is 2. The largest absolute Gasteiger partial charge is 0.369 e. The van der Waals surface area contributed by atoms with Crippen LogP contribution in [-0.2, 0) is 0 Å². The molecular weight excluding hydrogens is 268 g/mol. The number of hydrogen-bond donors (Lipinski definition) is 1. The van der Waals surface area contributed by atoms with Gasteiger partial charge in [-0.2, -0.15) is 0 Å². The summed E-state index contributed by atoms with van der Waals surface area (Å²) in [5.74, 6) is 2.65. The third-order valence-corrected chi connectivity index (χ3v) is 3.57. The summed E-state index contributed by atoms with van der Waals surface area (Å²) in [5, 5.41) is 3.23. The minimum atomic E-state index is 0.754. The normalized spacial score (nSPS) is 20.2. The third-order valence-electron chi connectivity index (χ3n) is 2.84. The molecule has 0 saturated carbocycles. The lowest BCUT2D eigenvalue weighted by Crippen LogP contribution is -2.21.